The predicted molar refractivity (Wildman–Crippen MR) is 95.3 cm³/mol. The molecule has 0 aliphatic carbocycles. The zero-order valence-corrected chi connectivity index (χ0v) is 14.8. The Bertz CT molecular complexity index is 965. The summed E-state index contributed by atoms with van der Waals surface area (Å²) in [6, 6.07) is 10.2. The van der Waals surface area contributed by atoms with Crippen molar-refractivity contribution in [2.75, 3.05) is 0 Å². The van der Waals surface area contributed by atoms with Gasteiger partial charge in [-0.25, -0.2) is 13.5 Å². The van der Waals surface area contributed by atoms with Crippen molar-refractivity contribution in [2.45, 2.75) is 26.8 Å². The third-order valence-corrected chi connectivity index (χ3v) is 4.38. The van der Waals surface area contributed by atoms with E-state index in [1.165, 1.54) is 0 Å². The SMILES string of the molecule is Cc1ccccc1-n1ncc([C@H](C)NC(=O)c2cc(F)ccc2F)c1C. The van der Waals surface area contributed by atoms with Gasteiger partial charge in [-0.3, -0.25) is 4.79 Å². The molecule has 1 aromatic heterocycles. The van der Waals surface area contributed by atoms with Crippen LogP contribution in [0.5, 0.6) is 0 Å². The normalized spacial score (nSPS) is 12.0. The lowest BCUT2D eigenvalue weighted by Crippen LogP contribution is -2.27. The molecule has 1 amide bonds. The summed E-state index contributed by atoms with van der Waals surface area (Å²) in [6.45, 7) is 5.68. The monoisotopic (exact) mass is 355 g/mol. The molecule has 134 valence electrons. The summed E-state index contributed by atoms with van der Waals surface area (Å²) in [5.41, 5.74) is 3.38. The van der Waals surface area contributed by atoms with E-state index in [2.05, 4.69) is 10.4 Å². The van der Waals surface area contributed by atoms with Gasteiger partial charge in [-0.2, -0.15) is 5.10 Å². The van der Waals surface area contributed by atoms with E-state index < -0.39 is 23.6 Å². The number of amides is 1. The van der Waals surface area contributed by atoms with E-state index in [9.17, 15) is 13.6 Å². The lowest BCUT2D eigenvalue weighted by Gasteiger charge is -2.15. The first kappa shape index (κ1) is 17.8. The van der Waals surface area contributed by atoms with Crippen molar-refractivity contribution in [1.29, 1.82) is 0 Å². The van der Waals surface area contributed by atoms with Crippen LogP contribution in [0.15, 0.2) is 48.7 Å². The fraction of sp³-hybridized carbons (Fsp3) is 0.200. The van der Waals surface area contributed by atoms with Gasteiger partial charge in [0, 0.05) is 11.3 Å². The van der Waals surface area contributed by atoms with Gasteiger partial charge in [0.2, 0.25) is 0 Å². The number of aromatic nitrogens is 2. The Labute approximate surface area is 150 Å². The number of para-hydroxylation sites is 1. The first-order valence-corrected chi connectivity index (χ1v) is 8.25. The maximum absolute atomic E-state index is 13.8. The highest BCUT2D eigenvalue weighted by Crippen LogP contribution is 2.22. The van der Waals surface area contributed by atoms with Crippen LogP contribution in [0, 0.1) is 25.5 Å². The average molecular weight is 355 g/mol. The molecule has 3 aromatic rings. The number of hydrogen-bond donors (Lipinski definition) is 1. The largest absolute Gasteiger partial charge is 0.345 e. The summed E-state index contributed by atoms with van der Waals surface area (Å²) in [4.78, 5) is 12.3. The number of rotatable bonds is 4. The topological polar surface area (TPSA) is 46.9 Å². The molecule has 0 aliphatic rings. The van der Waals surface area contributed by atoms with Gasteiger partial charge in [-0.1, -0.05) is 18.2 Å². The molecule has 0 saturated heterocycles. The molecule has 0 aliphatic heterocycles. The Kier molecular flexibility index (Phi) is 4.84. The fourth-order valence-corrected chi connectivity index (χ4v) is 2.91. The second kappa shape index (κ2) is 7.07. The van der Waals surface area contributed by atoms with E-state index in [4.69, 9.17) is 0 Å². The minimum atomic E-state index is -0.761. The molecule has 26 heavy (non-hydrogen) atoms. The van der Waals surface area contributed by atoms with Gasteiger partial charge in [0.05, 0.1) is 23.5 Å². The molecule has 4 nitrogen and oxygen atoms in total. The van der Waals surface area contributed by atoms with Crippen LogP contribution in [0.4, 0.5) is 8.78 Å². The van der Waals surface area contributed by atoms with Crippen molar-refractivity contribution in [2.24, 2.45) is 0 Å². The first-order chi connectivity index (χ1) is 12.4. The molecule has 1 N–H and O–H groups in total. The molecule has 1 heterocycles. The molecule has 2 aromatic carbocycles. The van der Waals surface area contributed by atoms with Crippen molar-refractivity contribution < 1.29 is 13.6 Å². The Balaban J connectivity index is 1.85. The second-order valence-electron chi connectivity index (χ2n) is 6.20. The summed E-state index contributed by atoms with van der Waals surface area (Å²) in [5, 5.41) is 7.11. The number of aryl methyl sites for hydroxylation is 1. The van der Waals surface area contributed by atoms with Crippen LogP contribution in [-0.2, 0) is 0 Å². The second-order valence-corrected chi connectivity index (χ2v) is 6.20. The van der Waals surface area contributed by atoms with E-state index in [1.807, 2.05) is 38.1 Å². The molecule has 1 atom stereocenters. The predicted octanol–water partition coefficient (Wildman–Crippen LogP) is 4.26. The third-order valence-electron chi connectivity index (χ3n) is 4.38. The van der Waals surface area contributed by atoms with Crippen LogP contribution in [-0.4, -0.2) is 15.7 Å². The quantitative estimate of drug-likeness (QED) is 0.760. The maximum atomic E-state index is 13.8. The number of hydrogen-bond acceptors (Lipinski definition) is 2. The highest BCUT2D eigenvalue weighted by atomic mass is 19.1. The molecule has 0 radical (unpaired) electrons. The van der Waals surface area contributed by atoms with E-state index in [0.717, 1.165) is 40.7 Å². The Morgan fingerprint density at radius 3 is 2.62 bits per heavy atom. The minimum absolute atomic E-state index is 0.319. The van der Waals surface area contributed by atoms with Crippen molar-refractivity contribution in [3.8, 4) is 5.69 Å². The number of benzene rings is 2. The zero-order valence-electron chi connectivity index (χ0n) is 14.8. The summed E-state index contributed by atoms with van der Waals surface area (Å²) in [6.07, 6.45) is 1.68. The van der Waals surface area contributed by atoms with E-state index >= 15 is 0 Å². The van der Waals surface area contributed by atoms with Crippen LogP contribution in [0.3, 0.4) is 0 Å². The van der Waals surface area contributed by atoms with Crippen LogP contribution in [0.25, 0.3) is 5.69 Å². The molecule has 6 heteroatoms. The number of carbonyl (C=O) groups is 1. The Morgan fingerprint density at radius 1 is 1.15 bits per heavy atom. The molecular formula is C20H19F2N3O. The fourth-order valence-electron chi connectivity index (χ4n) is 2.91. The van der Waals surface area contributed by atoms with Crippen molar-refractivity contribution in [1.82, 2.24) is 15.1 Å². The summed E-state index contributed by atoms with van der Waals surface area (Å²) in [5.74, 6) is -2.09. The third kappa shape index (κ3) is 3.35. The molecular weight excluding hydrogens is 336 g/mol. The van der Waals surface area contributed by atoms with Crippen LogP contribution in [0.2, 0.25) is 0 Å². The van der Waals surface area contributed by atoms with Crippen LogP contribution in [0.1, 0.15) is 40.1 Å². The molecule has 0 spiro atoms. The smallest absolute Gasteiger partial charge is 0.254 e. The maximum Gasteiger partial charge on any atom is 0.254 e. The molecule has 0 unspecified atom stereocenters. The molecule has 0 saturated carbocycles. The van der Waals surface area contributed by atoms with Crippen molar-refractivity contribution in [3.63, 3.8) is 0 Å². The number of nitrogens with zero attached hydrogens (tertiary/aromatic N) is 2. The highest BCUT2D eigenvalue weighted by Gasteiger charge is 2.19. The van der Waals surface area contributed by atoms with Crippen molar-refractivity contribution >= 4 is 5.91 Å². The zero-order chi connectivity index (χ0) is 18.8. The first-order valence-electron chi connectivity index (χ1n) is 8.25. The minimum Gasteiger partial charge on any atom is -0.345 e. The van der Waals surface area contributed by atoms with Crippen molar-refractivity contribution in [3.05, 3.63) is 82.7 Å². The van der Waals surface area contributed by atoms with Gasteiger partial charge in [-0.05, 0) is 50.6 Å². The van der Waals surface area contributed by atoms with E-state index in [1.54, 1.807) is 17.8 Å². The highest BCUT2D eigenvalue weighted by molar-refractivity contribution is 5.94. The van der Waals surface area contributed by atoms with Gasteiger partial charge in [-0.15, -0.1) is 0 Å². The summed E-state index contributed by atoms with van der Waals surface area (Å²) in [7, 11) is 0. The molecule has 0 fully saturated rings. The van der Waals surface area contributed by atoms with Crippen LogP contribution < -0.4 is 5.32 Å². The standard InChI is InChI=1S/C20H19F2N3O/c1-12-6-4-5-7-19(12)25-14(3)17(11-23-25)13(2)24-20(26)16-10-15(21)8-9-18(16)22/h4-11,13H,1-3H3,(H,24,26)/t13-/m0/s1. The number of halogens is 2. The average Bonchev–Trinajstić information content (AvgIpc) is 2.99. The lowest BCUT2D eigenvalue weighted by molar-refractivity contribution is 0.0935. The van der Waals surface area contributed by atoms with Gasteiger partial charge >= 0.3 is 0 Å². The molecule has 3 rings (SSSR count). The lowest BCUT2D eigenvalue weighted by atomic mass is 10.1. The molecule has 0 bridgehead atoms. The summed E-state index contributed by atoms with van der Waals surface area (Å²) >= 11 is 0. The van der Waals surface area contributed by atoms with Gasteiger partial charge in [0.15, 0.2) is 0 Å². The number of carbonyl (C=O) groups excluding carboxylic acids is 1. The van der Waals surface area contributed by atoms with Gasteiger partial charge in [0.1, 0.15) is 11.6 Å². The van der Waals surface area contributed by atoms with Gasteiger partial charge in [0.25, 0.3) is 5.91 Å². The summed E-state index contributed by atoms with van der Waals surface area (Å²) < 4.78 is 28.9. The van der Waals surface area contributed by atoms with Crippen LogP contribution >= 0.6 is 0 Å². The van der Waals surface area contributed by atoms with E-state index in [0.29, 0.717) is 0 Å². The van der Waals surface area contributed by atoms with Gasteiger partial charge < -0.3 is 5.32 Å². The Hall–Kier alpha value is -3.02. The van der Waals surface area contributed by atoms with E-state index in [-0.39, 0.29) is 5.56 Å². The Morgan fingerprint density at radius 2 is 1.88 bits per heavy atom. The number of nitrogens with one attached hydrogen (secondary N) is 1.